The Kier molecular flexibility index (Phi) is 4.07. The van der Waals surface area contributed by atoms with Crippen LogP contribution in [-0.4, -0.2) is 19.3 Å². The molecule has 3 heterocycles. The maximum atomic E-state index is 15.9. The summed E-state index contributed by atoms with van der Waals surface area (Å²) in [6.45, 7) is 7.32. The van der Waals surface area contributed by atoms with Gasteiger partial charge in [-0.25, -0.2) is 13.5 Å². The maximum absolute atomic E-state index is 15.9. The third kappa shape index (κ3) is 2.75. The van der Waals surface area contributed by atoms with Crippen LogP contribution in [0.25, 0.3) is 33.3 Å². The highest BCUT2D eigenvalue weighted by Crippen LogP contribution is 2.43. The third-order valence-electron chi connectivity index (χ3n) is 5.67. The van der Waals surface area contributed by atoms with Gasteiger partial charge in [-0.15, -0.1) is 0 Å². The zero-order valence-electron chi connectivity index (χ0n) is 17.3. The molecule has 0 saturated heterocycles. The lowest BCUT2D eigenvalue weighted by atomic mass is 9.99. The van der Waals surface area contributed by atoms with Crippen molar-refractivity contribution < 1.29 is 8.78 Å². The molecule has 1 fully saturated rings. The second-order valence-corrected chi connectivity index (χ2v) is 8.46. The Morgan fingerprint density at radius 2 is 1.77 bits per heavy atom. The van der Waals surface area contributed by atoms with Crippen LogP contribution < -0.4 is 5.56 Å². The van der Waals surface area contributed by atoms with Crippen LogP contribution in [0.15, 0.2) is 29.2 Å². The summed E-state index contributed by atoms with van der Waals surface area (Å²) in [5, 5.41) is 4.75. The highest BCUT2D eigenvalue weighted by atomic mass is 19.1. The molecule has 0 bridgehead atoms. The van der Waals surface area contributed by atoms with Crippen LogP contribution in [0.4, 0.5) is 8.78 Å². The van der Waals surface area contributed by atoms with E-state index in [2.05, 4.69) is 10.1 Å². The first-order valence-electron chi connectivity index (χ1n) is 10.2. The lowest BCUT2D eigenvalue weighted by Crippen LogP contribution is -2.18. The molecule has 0 atom stereocenters. The van der Waals surface area contributed by atoms with Crippen LogP contribution in [0, 0.1) is 25.5 Å². The summed E-state index contributed by atoms with van der Waals surface area (Å²) in [7, 11) is 0. The van der Waals surface area contributed by atoms with Gasteiger partial charge in [0, 0.05) is 29.0 Å². The average Bonchev–Trinajstić information content (AvgIpc) is 3.44. The number of benzene rings is 1. The lowest BCUT2D eigenvalue weighted by molar-refractivity contribution is 0.520. The molecular formula is C23H22F2N4O. The van der Waals surface area contributed by atoms with Crippen molar-refractivity contribution in [3.05, 3.63) is 57.8 Å². The molecule has 3 aliphatic rings. The molecule has 0 radical (unpaired) electrons. The van der Waals surface area contributed by atoms with Crippen molar-refractivity contribution in [1.29, 1.82) is 0 Å². The third-order valence-corrected chi connectivity index (χ3v) is 5.67. The monoisotopic (exact) mass is 408 g/mol. The van der Waals surface area contributed by atoms with Crippen molar-refractivity contribution in [2.45, 2.75) is 52.6 Å². The van der Waals surface area contributed by atoms with E-state index in [1.54, 1.807) is 36.7 Å². The fourth-order valence-corrected chi connectivity index (χ4v) is 4.23. The molecule has 0 amide bonds. The van der Waals surface area contributed by atoms with Gasteiger partial charge in [-0.3, -0.25) is 9.78 Å². The molecule has 0 unspecified atom stereocenters. The van der Waals surface area contributed by atoms with Crippen molar-refractivity contribution in [2.75, 3.05) is 0 Å². The Balaban J connectivity index is 1.91. The topological polar surface area (TPSA) is 52.7 Å². The van der Waals surface area contributed by atoms with Gasteiger partial charge in [0.1, 0.15) is 11.5 Å². The molecule has 154 valence electrons. The first kappa shape index (κ1) is 18.9. The van der Waals surface area contributed by atoms with Gasteiger partial charge in [-0.05, 0) is 64.3 Å². The van der Waals surface area contributed by atoms with Gasteiger partial charge in [0.05, 0.1) is 22.7 Å². The number of pyridine rings is 2. The number of rotatable bonds is 3. The van der Waals surface area contributed by atoms with E-state index in [0.29, 0.717) is 39.1 Å². The maximum Gasteiger partial charge on any atom is 0.278 e. The summed E-state index contributed by atoms with van der Waals surface area (Å²) in [5.74, 6) is -1.30. The van der Waals surface area contributed by atoms with Crippen LogP contribution >= 0.6 is 0 Å². The van der Waals surface area contributed by atoms with Crippen LogP contribution in [0.1, 0.15) is 50.2 Å². The van der Waals surface area contributed by atoms with E-state index < -0.39 is 11.6 Å². The smallest absolute Gasteiger partial charge is 0.278 e. The highest BCUT2D eigenvalue weighted by molar-refractivity contribution is 5.97. The molecule has 1 aromatic carbocycles. The molecule has 1 aromatic heterocycles. The van der Waals surface area contributed by atoms with Gasteiger partial charge in [0.15, 0.2) is 5.82 Å². The number of hydrogen-bond acceptors (Lipinski definition) is 3. The first-order valence-corrected chi connectivity index (χ1v) is 10.2. The number of aromatic nitrogens is 4. The summed E-state index contributed by atoms with van der Waals surface area (Å²) < 4.78 is 34.4. The van der Waals surface area contributed by atoms with E-state index in [0.717, 1.165) is 12.8 Å². The van der Waals surface area contributed by atoms with E-state index >= 15 is 8.78 Å². The standard InChI is InChI=1S/C23H22F2N4O/c1-11(2)29-23(30)17-10-28(15-5-6-15)22-16(21(17)27-29)9-18(24)19(20(22)25)14-7-12(3)26-13(4)8-14/h7-11,15H,5-6H2,1-4H3. The van der Waals surface area contributed by atoms with E-state index in [1.165, 1.54) is 10.7 Å². The Bertz CT molecular complexity index is 1330. The first-order chi connectivity index (χ1) is 14.3. The van der Waals surface area contributed by atoms with Gasteiger partial charge in [-0.1, -0.05) is 0 Å². The van der Waals surface area contributed by atoms with Gasteiger partial charge in [-0.2, -0.15) is 5.10 Å². The van der Waals surface area contributed by atoms with Crippen LogP contribution in [0.2, 0.25) is 0 Å². The van der Waals surface area contributed by atoms with Gasteiger partial charge in [0.2, 0.25) is 0 Å². The summed E-state index contributed by atoms with van der Waals surface area (Å²) in [6, 6.07) is 4.64. The van der Waals surface area contributed by atoms with E-state index in [9.17, 15) is 4.79 Å². The van der Waals surface area contributed by atoms with E-state index in [4.69, 9.17) is 0 Å². The minimum atomic E-state index is -0.675. The van der Waals surface area contributed by atoms with Crippen molar-refractivity contribution in [2.24, 2.45) is 0 Å². The molecule has 2 aliphatic heterocycles. The molecule has 5 rings (SSSR count). The van der Waals surface area contributed by atoms with Crippen LogP contribution in [0.3, 0.4) is 0 Å². The Morgan fingerprint density at radius 3 is 2.37 bits per heavy atom. The number of fused-ring (bicyclic) bond motifs is 3. The predicted octanol–water partition coefficient (Wildman–Crippen LogP) is 5.18. The Labute approximate surface area is 172 Å². The normalized spacial score (nSPS) is 14.4. The summed E-state index contributed by atoms with van der Waals surface area (Å²) in [4.78, 5) is 17.1. The predicted molar refractivity (Wildman–Crippen MR) is 112 cm³/mol. The van der Waals surface area contributed by atoms with Crippen molar-refractivity contribution in [3.63, 3.8) is 0 Å². The zero-order chi connectivity index (χ0) is 21.3. The van der Waals surface area contributed by atoms with Gasteiger partial charge < -0.3 is 4.57 Å². The number of halogens is 2. The fourth-order valence-electron chi connectivity index (χ4n) is 4.23. The van der Waals surface area contributed by atoms with Crippen molar-refractivity contribution in [1.82, 2.24) is 19.3 Å². The van der Waals surface area contributed by atoms with Gasteiger partial charge in [0.25, 0.3) is 5.56 Å². The van der Waals surface area contributed by atoms with Crippen molar-refractivity contribution >= 4 is 10.9 Å². The van der Waals surface area contributed by atoms with Gasteiger partial charge >= 0.3 is 0 Å². The molecule has 1 saturated carbocycles. The quantitative estimate of drug-likeness (QED) is 0.470. The zero-order valence-corrected chi connectivity index (χ0v) is 17.3. The van der Waals surface area contributed by atoms with Crippen LogP contribution in [0.5, 0.6) is 0 Å². The SMILES string of the molecule is Cc1cc(-c2c(F)cc3c4nn(C(C)C)c(=O)c-4cn(C4CC4)c3c2F)cc(C)n1. The molecule has 0 N–H and O–H groups in total. The van der Waals surface area contributed by atoms with E-state index in [1.807, 2.05) is 13.8 Å². The minimum absolute atomic E-state index is 0.0736. The number of aryl methyl sites for hydroxylation is 2. The highest BCUT2D eigenvalue weighted by Gasteiger charge is 2.31. The Morgan fingerprint density at radius 1 is 1.10 bits per heavy atom. The summed E-state index contributed by atoms with van der Waals surface area (Å²) in [5.41, 5.74) is 2.56. The lowest BCUT2D eigenvalue weighted by Gasteiger charge is -2.17. The second kappa shape index (κ2) is 6.45. The largest absolute Gasteiger partial charge is 0.341 e. The molecular weight excluding hydrogens is 386 g/mol. The molecule has 5 nitrogen and oxygen atoms in total. The minimum Gasteiger partial charge on any atom is -0.341 e. The van der Waals surface area contributed by atoms with Crippen molar-refractivity contribution in [3.8, 4) is 22.4 Å². The number of hydrogen-bond donors (Lipinski definition) is 0. The molecule has 1 aliphatic carbocycles. The summed E-state index contributed by atoms with van der Waals surface area (Å²) >= 11 is 0. The average molecular weight is 408 g/mol. The molecule has 0 spiro atoms. The Hall–Kier alpha value is -3.09. The molecule has 2 aromatic rings. The summed E-state index contributed by atoms with van der Waals surface area (Å²) in [6.07, 6.45) is 3.49. The number of nitrogens with zero attached hydrogens (tertiary/aromatic N) is 4. The molecule has 30 heavy (non-hydrogen) atoms. The van der Waals surface area contributed by atoms with E-state index in [-0.39, 0.29) is 23.2 Å². The fraction of sp³-hybridized carbons (Fsp3) is 0.348. The van der Waals surface area contributed by atoms with Crippen LogP contribution in [-0.2, 0) is 0 Å². The second-order valence-electron chi connectivity index (χ2n) is 8.46. The molecule has 7 heteroatoms.